The predicted molar refractivity (Wildman–Crippen MR) is 53.6 cm³/mol. The molecule has 0 heterocycles. The third-order valence-corrected chi connectivity index (χ3v) is 2.45. The quantitative estimate of drug-likeness (QED) is 0.688. The Bertz CT molecular complexity index is 164. The van der Waals surface area contributed by atoms with Crippen molar-refractivity contribution in [2.45, 2.75) is 45.6 Å². The van der Waals surface area contributed by atoms with Crippen LogP contribution in [0.3, 0.4) is 0 Å². The summed E-state index contributed by atoms with van der Waals surface area (Å²) in [7, 11) is 0. The van der Waals surface area contributed by atoms with Crippen molar-refractivity contribution in [2.75, 3.05) is 6.54 Å². The van der Waals surface area contributed by atoms with Gasteiger partial charge in [0.25, 0.3) is 0 Å². The Hall–Kier alpha value is -0.730. The third-order valence-electron chi connectivity index (χ3n) is 2.45. The summed E-state index contributed by atoms with van der Waals surface area (Å²) >= 11 is 0. The van der Waals surface area contributed by atoms with Gasteiger partial charge in [-0.15, -0.1) is 0 Å². The van der Waals surface area contributed by atoms with Crippen molar-refractivity contribution in [3.63, 3.8) is 0 Å². The summed E-state index contributed by atoms with van der Waals surface area (Å²) in [5.74, 6) is 0.656. The van der Waals surface area contributed by atoms with Gasteiger partial charge in [-0.05, 0) is 31.6 Å². The van der Waals surface area contributed by atoms with Gasteiger partial charge < -0.3 is 10.6 Å². The normalized spacial score (nSPS) is 16.8. The molecule has 1 aliphatic carbocycles. The maximum Gasteiger partial charge on any atom is 0.315 e. The van der Waals surface area contributed by atoms with Crippen molar-refractivity contribution in [2.24, 2.45) is 5.92 Å². The maximum absolute atomic E-state index is 11.2. The van der Waals surface area contributed by atoms with Crippen molar-refractivity contribution in [1.29, 1.82) is 0 Å². The Morgan fingerprint density at radius 2 is 2.15 bits per heavy atom. The average molecular weight is 184 g/mol. The first-order valence-electron chi connectivity index (χ1n) is 5.23. The van der Waals surface area contributed by atoms with Crippen molar-refractivity contribution >= 4 is 6.03 Å². The van der Waals surface area contributed by atoms with Gasteiger partial charge in [-0.3, -0.25) is 0 Å². The van der Waals surface area contributed by atoms with Gasteiger partial charge in [0.05, 0.1) is 0 Å². The highest BCUT2D eigenvalue weighted by Gasteiger charge is 2.18. The molecule has 1 aliphatic rings. The monoisotopic (exact) mass is 184 g/mol. The molecule has 0 spiro atoms. The van der Waals surface area contributed by atoms with Crippen LogP contribution in [0, 0.1) is 5.92 Å². The van der Waals surface area contributed by atoms with E-state index in [1.165, 1.54) is 6.42 Å². The Kier molecular flexibility index (Phi) is 4.06. The number of hydrogen-bond donors (Lipinski definition) is 2. The van der Waals surface area contributed by atoms with Crippen LogP contribution in [-0.2, 0) is 0 Å². The number of nitrogens with one attached hydrogen (secondary N) is 2. The van der Waals surface area contributed by atoms with Crippen LogP contribution in [0.25, 0.3) is 0 Å². The highest BCUT2D eigenvalue weighted by Crippen LogP contribution is 2.17. The molecule has 2 N–H and O–H groups in total. The molecule has 3 nitrogen and oxygen atoms in total. The van der Waals surface area contributed by atoms with E-state index in [0.717, 1.165) is 25.8 Å². The van der Waals surface area contributed by atoms with E-state index < -0.39 is 0 Å². The molecular weight excluding hydrogens is 164 g/mol. The summed E-state index contributed by atoms with van der Waals surface area (Å²) in [6, 6.07) is 0.449. The highest BCUT2D eigenvalue weighted by atomic mass is 16.2. The topological polar surface area (TPSA) is 41.1 Å². The summed E-state index contributed by atoms with van der Waals surface area (Å²) < 4.78 is 0. The van der Waals surface area contributed by atoms with Gasteiger partial charge in [0.15, 0.2) is 0 Å². The molecule has 1 saturated carbocycles. The third kappa shape index (κ3) is 4.15. The summed E-state index contributed by atoms with van der Waals surface area (Å²) in [6.45, 7) is 5.10. The zero-order valence-electron chi connectivity index (χ0n) is 8.60. The first kappa shape index (κ1) is 10.4. The van der Waals surface area contributed by atoms with Crippen LogP contribution in [0.4, 0.5) is 4.79 Å². The fraction of sp³-hybridized carbons (Fsp3) is 0.900. The minimum Gasteiger partial charge on any atom is -0.338 e. The lowest BCUT2D eigenvalue weighted by molar-refractivity contribution is 0.228. The average Bonchev–Trinajstić information content (AvgIpc) is 1.96. The van der Waals surface area contributed by atoms with Gasteiger partial charge in [0, 0.05) is 12.6 Å². The van der Waals surface area contributed by atoms with E-state index in [2.05, 4.69) is 24.5 Å². The predicted octanol–water partition coefficient (Wildman–Crippen LogP) is 1.88. The van der Waals surface area contributed by atoms with Gasteiger partial charge in [-0.2, -0.15) is 0 Å². The SMILES string of the molecule is CC(C)CCNC(=O)NC1CCC1. The Labute approximate surface area is 80.3 Å². The molecule has 0 bridgehead atoms. The first-order valence-corrected chi connectivity index (χ1v) is 5.23. The Morgan fingerprint density at radius 1 is 1.46 bits per heavy atom. The zero-order valence-corrected chi connectivity index (χ0v) is 8.60. The molecule has 3 heteroatoms. The number of urea groups is 1. The number of carbonyl (C=O) groups excluding carboxylic acids is 1. The second kappa shape index (κ2) is 5.10. The lowest BCUT2D eigenvalue weighted by Crippen LogP contribution is -2.45. The largest absolute Gasteiger partial charge is 0.338 e. The number of amides is 2. The smallest absolute Gasteiger partial charge is 0.315 e. The van der Waals surface area contributed by atoms with Gasteiger partial charge >= 0.3 is 6.03 Å². The molecule has 0 unspecified atom stereocenters. The second-order valence-corrected chi connectivity index (χ2v) is 4.21. The van der Waals surface area contributed by atoms with Gasteiger partial charge in [0.1, 0.15) is 0 Å². The van der Waals surface area contributed by atoms with Crippen LogP contribution in [0.1, 0.15) is 39.5 Å². The molecule has 2 amide bonds. The highest BCUT2D eigenvalue weighted by molar-refractivity contribution is 5.74. The van der Waals surface area contributed by atoms with Gasteiger partial charge in [-0.25, -0.2) is 4.79 Å². The van der Waals surface area contributed by atoms with E-state index in [-0.39, 0.29) is 6.03 Å². The summed E-state index contributed by atoms with van der Waals surface area (Å²) in [4.78, 5) is 11.2. The molecular formula is C10H20N2O. The first-order chi connectivity index (χ1) is 6.18. The van der Waals surface area contributed by atoms with E-state index in [0.29, 0.717) is 12.0 Å². The maximum atomic E-state index is 11.2. The van der Waals surface area contributed by atoms with E-state index in [1.54, 1.807) is 0 Å². The molecule has 76 valence electrons. The Balaban J connectivity index is 1.97. The van der Waals surface area contributed by atoms with Crippen molar-refractivity contribution in [3.8, 4) is 0 Å². The molecule has 13 heavy (non-hydrogen) atoms. The van der Waals surface area contributed by atoms with E-state index in [4.69, 9.17) is 0 Å². The molecule has 0 aromatic carbocycles. The fourth-order valence-corrected chi connectivity index (χ4v) is 1.26. The van der Waals surface area contributed by atoms with Crippen LogP contribution < -0.4 is 10.6 Å². The number of hydrogen-bond acceptors (Lipinski definition) is 1. The molecule has 0 radical (unpaired) electrons. The van der Waals surface area contributed by atoms with Crippen molar-refractivity contribution < 1.29 is 4.79 Å². The minimum absolute atomic E-state index is 0.00495. The lowest BCUT2D eigenvalue weighted by atomic mass is 9.93. The van der Waals surface area contributed by atoms with E-state index >= 15 is 0 Å². The van der Waals surface area contributed by atoms with Crippen LogP contribution >= 0.6 is 0 Å². The number of carbonyl (C=O) groups is 1. The zero-order chi connectivity index (χ0) is 9.68. The fourth-order valence-electron chi connectivity index (χ4n) is 1.26. The lowest BCUT2D eigenvalue weighted by Gasteiger charge is -2.26. The molecule has 0 atom stereocenters. The standard InChI is InChI=1S/C10H20N2O/c1-8(2)6-7-11-10(13)12-9-4-3-5-9/h8-9H,3-7H2,1-2H3,(H2,11,12,13). The molecule has 1 fully saturated rings. The van der Waals surface area contributed by atoms with Crippen LogP contribution in [0.5, 0.6) is 0 Å². The molecule has 0 saturated heterocycles. The minimum atomic E-state index is 0.00495. The summed E-state index contributed by atoms with van der Waals surface area (Å²) in [6.07, 6.45) is 4.62. The van der Waals surface area contributed by atoms with Crippen LogP contribution in [0.15, 0.2) is 0 Å². The summed E-state index contributed by atoms with van der Waals surface area (Å²) in [5.41, 5.74) is 0. The van der Waals surface area contributed by atoms with Crippen molar-refractivity contribution in [3.05, 3.63) is 0 Å². The van der Waals surface area contributed by atoms with E-state index in [1.807, 2.05) is 0 Å². The molecule has 1 rings (SSSR count). The van der Waals surface area contributed by atoms with Crippen LogP contribution in [-0.4, -0.2) is 18.6 Å². The molecule has 0 aromatic rings. The number of rotatable bonds is 4. The summed E-state index contributed by atoms with van der Waals surface area (Å²) in [5, 5.41) is 5.80. The van der Waals surface area contributed by atoms with Gasteiger partial charge in [0.2, 0.25) is 0 Å². The van der Waals surface area contributed by atoms with Crippen LogP contribution in [0.2, 0.25) is 0 Å². The Morgan fingerprint density at radius 3 is 2.62 bits per heavy atom. The molecule has 0 aliphatic heterocycles. The second-order valence-electron chi connectivity index (χ2n) is 4.21. The molecule has 0 aromatic heterocycles. The van der Waals surface area contributed by atoms with E-state index in [9.17, 15) is 4.79 Å². The van der Waals surface area contributed by atoms with Gasteiger partial charge in [-0.1, -0.05) is 13.8 Å². The van der Waals surface area contributed by atoms with Crippen molar-refractivity contribution in [1.82, 2.24) is 10.6 Å².